The van der Waals surface area contributed by atoms with E-state index in [1.54, 1.807) is 0 Å². The van der Waals surface area contributed by atoms with Crippen molar-refractivity contribution in [1.29, 1.82) is 0 Å². The van der Waals surface area contributed by atoms with Crippen LogP contribution in [0.3, 0.4) is 0 Å². The van der Waals surface area contributed by atoms with Gasteiger partial charge in [0.05, 0.1) is 0 Å². The van der Waals surface area contributed by atoms with Crippen molar-refractivity contribution in [2.75, 3.05) is 0 Å². The van der Waals surface area contributed by atoms with Gasteiger partial charge in [0, 0.05) is 0 Å². The zero-order valence-electron chi connectivity index (χ0n) is 13.5. The van der Waals surface area contributed by atoms with Gasteiger partial charge in [-0.3, -0.25) is 0 Å². The van der Waals surface area contributed by atoms with Crippen LogP contribution in [0.4, 0.5) is 0 Å². The third kappa shape index (κ3) is 1.85. The van der Waals surface area contributed by atoms with Crippen LogP contribution in [-0.4, -0.2) is 0 Å². The molecule has 110 valence electrons. The Morgan fingerprint density at radius 3 is 1.87 bits per heavy atom. The number of fused-ring (bicyclic) bond motifs is 5. The van der Waals surface area contributed by atoms with Crippen LogP contribution in [-0.2, 0) is 6.42 Å². The average Bonchev–Trinajstić information content (AvgIpc) is 2.87. The minimum Gasteiger partial charge on any atom is -0.0616 e. The Labute approximate surface area is 136 Å². The number of hydrogen-bond acceptors (Lipinski definition) is 0. The van der Waals surface area contributed by atoms with Gasteiger partial charge in [0.25, 0.3) is 0 Å². The highest BCUT2D eigenvalue weighted by atomic mass is 14.2. The first-order chi connectivity index (χ1) is 11.2. The maximum absolute atomic E-state index is 2.39. The van der Waals surface area contributed by atoms with Gasteiger partial charge in [0.1, 0.15) is 0 Å². The second kappa shape index (κ2) is 4.45. The van der Waals surface area contributed by atoms with Crippen LogP contribution in [0.5, 0.6) is 0 Å². The molecule has 0 atom stereocenters. The monoisotopic (exact) mass is 294 g/mol. The Kier molecular flexibility index (Phi) is 2.50. The molecule has 1 aliphatic rings. The quantitative estimate of drug-likeness (QED) is 0.299. The maximum atomic E-state index is 2.39. The van der Waals surface area contributed by atoms with Gasteiger partial charge in [-0.15, -0.1) is 0 Å². The average molecular weight is 294 g/mol. The highest BCUT2D eigenvalue weighted by molar-refractivity contribution is 6.01. The normalized spacial score (nSPS) is 12.6. The topological polar surface area (TPSA) is 0 Å². The van der Waals surface area contributed by atoms with Crippen molar-refractivity contribution in [1.82, 2.24) is 0 Å². The summed E-state index contributed by atoms with van der Waals surface area (Å²) >= 11 is 0. The Bertz CT molecular complexity index is 1100. The molecule has 0 saturated heterocycles. The van der Waals surface area contributed by atoms with Crippen LogP contribution in [0.25, 0.3) is 32.7 Å². The molecule has 0 heterocycles. The van der Waals surface area contributed by atoms with Crippen LogP contribution in [0.1, 0.15) is 22.3 Å². The molecule has 4 aromatic rings. The Morgan fingerprint density at radius 2 is 1.13 bits per heavy atom. The van der Waals surface area contributed by atoms with Crippen molar-refractivity contribution in [2.24, 2.45) is 0 Å². The number of benzene rings is 4. The summed E-state index contributed by atoms with van der Waals surface area (Å²) in [4.78, 5) is 0. The largest absolute Gasteiger partial charge is 0.0616 e. The first-order valence-corrected chi connectivity index (χ1v) is 8.25. The molecule has 0 aromatic heterocycles. The van der Waals surface area contributed by atoms with Crippen molar-refractivity contribution >= 4 is 21.5 Å². The Hall–Kier alpha value is -2.60. The van der Waals surface area contributed by atoms with Crippen molar-refractivity contribution in [3.8, 4) is 11.1 Å². The molecule has 0 N–H and O–H groups in total. The minimum atomic E-state index is 1.06. The molecule has 0 fully saturated rings. The zero-order valence-corrected chi connectivity index (χ0v) is 13.5. The first-order valence-electron chi connectivity index (χ1n) is 8.25. The van der Waals surface area contributed by atoms with Gasteiger partial charge in [-0.25, -0.2) is 0 Å². The van der Waals surface area contributed by atoms with E-state index in [2.05, 4.69) is 74.5 Å². The molecule has 0 saturated carbocycles. The lowest BCUT2D eigenvalue weighted by atomic mass is 9.96. The molecule has 0 bridgehead atoms. The van der Waals surface area contributed by atoms with E-state index >= 15 is 0 Å². The lowest BCUT2D eigenvalue weighted by molar-refractivity contribution is 1.23. The summed E-state index contributed by atoms with van der Waals surface area (Å²) in [5.74, 6) is 0. The fourth-order valence-electron chi connectivity index (χ4n) is 3.91. The molecule has 0 amide bonds. The van der Waals surface area contributed by atoms with Gasteiger partial charge in [-0.1, -0.05) is 42.5 Å². The van der Waals surface area contributed by atoms with E-state index in [1.807, 2.05) is 0 Å². The standard InChI is InChI=1S/C23H18/c1-14-7-20-12-21-11-18-9-16-5-3-4-6-17(16)10-19(18)13-23(21)22(20)8-15(14)2/h3-11,13H,12H2,1-2H3. The first kappa shape index (κ1) is 12.9. The van der Waals surface area contributed by atoms with E-state index in [4.69, 9.17) is 0 Å². The molecule has 4 aromatic carbocycles. The number of rotatable bonds is 0. The molecule has 0 heteroatoms. The molecule has 0 radical (unpaired) electrons. The van der Waals surface area contributed by atoms with Gasteiger partial charge in [0.15, 0.2) is 0 Å². The summed E-state index contributed by atoms with van der Waals surface area (Å²) < 4.78 is 0. The van der Waals surface area contributed by atoms with Gasteiger partial charge in [-0.05, 0) is 93.4 Å². The summed E-state index contributed by atoms with van der Waals surface area (Å²) in [7, 11) is 0. The third-order valence-corrected chi connectivity index (χ3v) is 5.32. The smallest absolute Gasteiger partial charge is 0.00131 e. The van der Waals surface area contributed by atoms with E-state index in [9.17, 15) is 0 Å². The van der Waals surface area contributed by atoms with Crippen LogP contribution in [0.2, 0.25) is 0 Å². The van der Waals surface area contributed by atoms with Crippen LogP contribution in [0.15, 0.2) is 60.7 Å². The Morgan fingerprint density at radius 1 is 0.565 bits per heavy atom. The van der Waals surface area contributed by atoms with Gasteiger partial charge < -0.3 is 0 Å². The van der Waals surface area contributed by atoms with E-state index < -0.39 is 0 Å². The fourth-order valence-corrected chi connectivity index (χ4v) is 3.91. The summed E-state index contributed by atoms with van der Waals surface area (Å²) in [6, 6.07) is 22.8. The molecule has 5 rings (SSSR count). The van der Waals surface area contributed by atoms with Crippen molar-refractivity contribution in [2.45, 2.75) is 20.3 Å². The Balaban J connectivity index is 1.82. The zero-order chi connectivity index (χ0) is 15.6. The minimum absolute atomic E-state index is 1.06. The highest BCUT2D eigenvalue weighted by Crippen LogP contribution is 2.40. The van der Waals surface area contributed by atoms with E-state index in [0.29, 0.717) is 0 Å². The second-order valence-electron chi connectivity index (χ2n) is 6.83. The molecular weight excluding hydrogens is 276 g/mol. The second-order valence-corrected chi connectivity index (χ2v) is 6.83. The number of hydrogen-bond donors (Lipinski definition) is 0. The number of aryl methyl sites for hydroxylation is 2. The van der Waals surface area contributed by atoms with E-state index in [0.717, 1.165) is 6.42 Å². The van der Waals surface area contributed by atoms with Gasteiger partial charge >= 0.3 is 0 Å². The molecule has 0 spiro atoms. The molecule has 1 aliphatic carbocycles. The van der Waals surface area contributed by atoms with Gasteiger partial charge in [0.2, 0.25) is 0 Å². The summed E-state index contributed by atoms with van der Waals surface area (Å²) in [5, 5.41) is 5.33. The lowest BCUT2D eigenvalue weighted by Gasteiger charge is -2.08. The van der Waals surface area contributed by atoms with Crippen molar-refractivity contribution < 1.29 is 0 Å². The fraction of sp³-hybridized carbons (Fsp3) is 0.130. The molecular formula is C23H18. The highest BCUT2D eigenvalue weighted by Gasteiger charge is 2.20. The SMILES string of the molecule is Cc1cc2c(cc1C)-c1cc3cc4ccccc4cc3cc1C2. The van der Waals surface area contributed by atoms with E-state index in [1.165, 1.54) is 54.9 Å². The van der Waals surface area contributed by atoms with Crippen LogP contribution < -0.4 is 0 Å². The predicted molar refractivity (Wildman–Crippen MR) is 99.2 cm³/mol. The summed E-state index contributed by atoms with van der Waals surface area (Å²) in [6.07, 6.45) is 1.06. The van der Waals surface area contributed by atoms with Crippen molar-refractivity contribution in [3.63, 3.8) is 0 Å². The molecule has 0 nitrogen and oxygen atoms in total. The summed E-state index contributed by atoms with van der Waals surface area (Å²) in [5.41, 5.74) is 8.57. The van der Waals surface area contributed by atoms with E-state index in [-0.39, 0.29) is 0 Å². The van der Waals surface area contributed by atoms with Crippen LogP contribution >= 0.6 is 0 Å². The predicted octanol–water partition coefficient (Wildman–Crippen LogP) is 6.18. The maximum Gasteiger partial charge on any atom is -0.00131 e. The molecule has 0 unspecified atom stereocenters. The van der Waals surface area contributed by atoms with Crippen molar-refractivity contribution in [3.05, 3.63) is 82.9 Å². The van der Waals surface area contributed by atoms with Gasteiger partial charge in [-0.2, -0.15) is 0 Å². The summed E-state index contributed by atoms with van der Waals surface area (Å²) in [6.45, 7) is 4.42. The molecule has 0 aliphatic heterocycles. The molecule has 23 heavy (non-hydrogen) atoms. The third-order valence-electron chi connectivity index (χ3n) is 5.32. The van der Waals surface area contributed by atoms with Crippen LogP contribution in [0, 0.1) is 13.8 Å². The lowest BCUT2D eigenvalue weighted by Crippen LogP contribution is -1.86.